The van der Waals surface area contributed by atoms with Crippen LogP contribution in [-0.2, 0) is 16.1 Å². The zero-order valence-electron chi connectivity index (χ0n) is 9.80. The Morgan fingerprint density at radius 2 is 1.94 bits per heavy atom. The van der Waals surface area contributed by atoms with Gasteiger partial charge in [-0.15, -0.1) is 0 Å². The van der Waals surface area contributed by atoms with Gasteiger partial charge >= 0.3 is 57.5 Å². The standard InChI is InChI=1S/C11H13NO4.K/c1-8(10(13)14)12-11(15)16-7-9-5-3-2-4-6-9;/h2-6,8H,7H2,1H3,(H,12,15)(H,13,14);/q;+1/p-1/t8-;/m0./s1. The van der Waals surface area contributed by atoms with Crippen molar-refractivity contribution >= 4 is 12.1 Å². The monoisotopic (exact) mass is 261 g/mol. The molecule has 0 spiro atoms. The Morgan fingerprint density at radius 3 is 2.47 bits per heavy atom. The van der Waals surface area contributed by atoms with Gasteiger partial charge in [0.25, 0.3) is 0 Å². The van der Waals surface area contributed by atoms with Crippen LogP contribution in [0.15, 0.2) is 30.3 Å². The van der Waals surface area contributed by atoms with Crippen LogP contribution in [0, 0.1) is 0 Å². The number of carboxylic acids is 1. The second-order valence-electron chi connectivity index (χ2n) is 3.25. The molecular formula is C11H12KNO4. The average Bonchev–Trinajstić information content (AvgIpc) is 2.27. The number of nitrogens with one attached hydrogen (secondary N) is 1. The summed E-state index contributed by atoms with van der Waals surface area (Å²) in [7, 11) is 0. The van der Waals surface area contributed by atoms with Gasteiger partial charge in [-0.1, -0.05) is 30.3 Å². The van der Waals surface area contributed by atoms with Crippen molar-refractivity contribution in [1.29, 1.82) is 0 Å². The molecule has 1 N–H and O–H groups in total. The number of rotatable bonds is 4. The Labute approximate surface area is 142 Å². The van der Waals surface area contributed by atoms with Crippen LogP contribution in [0.4, 0.5) is 4.79 Å². The molecule has 0 radical (unpaired) electrons. The molecule has 1 atom stereocenters. The van der Waals surface area contributed by atoms with E-state index in [2.05, 4.69) is 5.32 Å². The van der Waals surface area contributed by atoms with Gasteiger partial charge in [0.2, 0.25) is 0 Å². The molecule has 1 aromatic rings. The molecule has 0 aliphatic rings. The number of ether oxygens (including phenoxy) is 1. The second kappa shape index (κ2) is 8.65. The van der Waals surface area contributed by atoms with Crippen LogP contribution < -0.4 is 61.8 Å². The Hall–Kier alpha value is -0.404. The normalized spacial score (nSPS) is 10.9. The summed E-state index contributed by atoms with van der Waals surface area (Å²) in [5.74, 6) is -1.35. The predicted octanol–water partition coefficient (Wildman–Crippen LogP) is -2.94. The van der Waals surface area contributed by atoms with Gasteiger partial charge in [0.15, 0.2) is 0 Å². The first kappa shape index (κ1) is 16.6. The molecule has 0 bridgehead atoms. The number of carboxylic acid groups (broad SMARTS) is 1. The van der Waals surface area contributed by atoms with E-state index >= 15 is 0 Å². The van der Waals surface area contributed by atoms with Gasteiger partial charge in [0, 0.05) is 0 Å². The molecule has 1 rings (SSSR count). The largest absolute Gasteiger partial charge is 1.00 e. The van der Waals surface area contributed by atoms with Gasteiger partial charge < -0.3 is 20.0 Å². The first-order valence-corrected chi connectivity index (χ1v) is 4.77. The molecule has 5 nitrogen and oxygen atoms in total. The summed E-state index contributed by atoms with van der Waals surface area (Å²) >= 11 is 0. The van der Waals surface area contributed by atoms with Crippen molar-refractivity contribution in [1.82, 2.24) is 5.32 Å². The molecule has 0 fully saturated rings. The van der Waals surface area contributed by atoms with E-state index in [1.54, 1.807) is 12.1 Å². The Kier molecular flexibility index (Phi) is 8.45. The van der Waals surface area contributed by atoms with E-state index < -0.39 is 18.1 Å². The number of hydrogen-bond acceptors (Lipinski definition) is 4. The van der Waals surface area contributed by atoms with Crippen molar-refractivity contribution in [2.24, 2.45) is 0 Å². The Morgan fingerprint density at radius 1 is 1.35 bits per heavy atom. The van der Waals surface area contributed by atoms with Crippen LogP contribution in [0.5, 0.6) is 0 Å². The Bertz CT molecular complexity index is 369. The number of carbonyl (C=O) groups excluding carboxylic acids is 2. The van der Waals surface area contributed by atoms with Crippen LogP contribution in [0.25, 0.3) is 0 Å². The van der Waals surface area contributed by atoms with Crippen molar-refractivity contribution in [3.8, 4) is 0 Å². The van der Waals surface area contributed by atoms with Crippen molar-refractivity contribution in [2.75, 3.05) is 0 Å². The fourth-order valence-corrected chi connectivity index (χ4v) is 1.00. The van der Waals surface area contributed by atoms with Gasteiger partial charge in [-0.3, -0.25) is 0 Å². The molecule has 0 aliphatic heterocycles. The van der Waals surface area contributed by atoms with E-state index in [4.69, 9.17) is 4.74 Å². The summed E-state index contributed by atoms with van der Waals surface area (Å²) in [6, 6.07) is 8.02. The third-order valence-corrected chi connectivity index (χ3v) is 1.90. The number of benzene rings is 1. The molecule has 0 aliphatic carbocycles. The average molecular weight is 261 g/mol. The van der Waals surface area contributed by atoms with E-state index in [0.717, 1.165) is 5.56 Å². The quantitative estimate of drug-likeness (QED) is 0.588. The van der Waals surface area contributed by atoms with Gasteiger partial charge in [-0.25, -0.2) is 4.79 Å². The summed E-state index contributed by atoms with van der Waals surface area (Å²) in [6.45, 7) is 1.41. The smallest absolute Gasteiger partial charge is 0.548 e. The van der Waals surface area contributed by atoms with Crippen LogP contribution in [0.1, 0.15) is 12.5 Å². The van der Waals surface area contributed by atoms with E-state index in [-0.39, 0.29) is 58.0 Å². The minimum atomic E-state index is -1.35. The third kappa shape index (κ3) is 6.80. The van der Waals surface area contributed by atoms with Crippen LogP contribution in [0.2, 0.25) is 0 Å². The zero-order chi connectivity index (χ0) is 12.0. The molecule has 1 aromatic carbocycles. The molecule has 86 valence electrons. The minimum Gasteiger partial charge on any atom is -0.548 e. The van der Waals surface area contributed by atoms with Gasteiger partial charge in [-0.05, 0) is 12.5 Å². The molecule has 0 saturated heterocycles. The van der Waals surface area contributed by atoms with Crippen molar-refractivity contribution in [3.05, 3.63) is 35.9 Å². The molecule has 0 aromatic heterocycles. The van der Waals surface area contributed by atoms with Crippen molar-refractivity contribution < 1.29 is 70.8 Å². The van der Waals surface area contributed by atoms with E-state index in [1.807, 2.05) is 18.2 Å². The number of carbonyl (C=O) groups is 2. The second-order valence-corrected chi connectivity index (χ2v) is 3.25. The number of alkyl carbamates (subject to hydrolysis) is 1. The maximum absolute atomic E-state index is 11.1. The maximum Gasteiger partial charge on any atom is 1.00 e. The van der Waals surface area contributed by atoms with Gasteiger partial charge in [0.1, 0.15) is 6.61 Å². The fourth-order valence-electron chi connectivity index (χ4n) is 1.00. The first-order valence-electron chi connectivity index (χ1n) is 4.77. The molecule has 0 unspecified atom stereocenters. The molecule has 0 heterocycles. The maximum atomic E-state index is 11.1. The summed E-state index contributed by atoms with van der Waals surface area (Å²) in [4.78, 5) is 21.4. The number of aliphatic carboxylic acids is 1. The van der Waals surface area contributed by atoms with Crippen molar-refractivity contribution in [3.63, 3.8) is 0 Å². The molecule has 1 amide bonds. The molecule has 6 heteroatoms. The van der Waals surface area contributed by atoms with E-state index in [1.165, 1.54) is 6.92 Å². The summed E-state index contributed by atoms with van der Waals surface area (Å²) < 4.78 is 4.81. The van der Waals surface area contributed by atoms with Gasteiger partial charge in [0.05, 0.1) is 12.0 Å². The Balaban J connectivity index is 0.00000256. The number of hydrogen-bond donors (Lipinski definition) is 1. The zero-order valence-corrected chi connectivity index (χ0v) is 12.9. The number of amides is 1. The third-order valence-electron chi connectivity index (χ3n) is 1.90. The van der Waals surface area contributed by atoms with Crippen LogP contribution in [0.3, 0.4) is 0 Å². The summed E-state index contributed by atoms with van der Waals surface area (Å²) in [6.07, 6.45) is -0.777. The van der Waals surface area contributed by atoms with E-state index in [0.29, 0.717) is 0 Å². The van der Waals surface area contributed by atoms with Crippen molar-refractivity contribution in [2.45, 2.75) is 19.6 Å². The fraction of sp³-hybridized carbons (Fsp3) is 0.273. The summed E-state index contributed by atoms with van der Waals surface area (Å²) in [5.41, 5.74) is 0.832. The SMILES string of the molecule is C[C@H](NC(=O)OCc1ccccc1)C(=O)[O-].[K+]. The minimum absolute atomic E-state index is 0. The van der Waals surface area contributed by atoms with Gasteiger partial charge in [-0.2, -0.15) is 0 Å². The first-order chi connectivity index (χ1) is 7.59. The summed E-state index contributed by atoms with van der Waals surface area (Å²) in [5, 5.41) is 12.5. The van der Waals surface area contributed by atoms with E-state index in [9.17, 15) is 14.7 Å². The molecule has 17 heavy (non-hydrogen) atoms. The van der Waals surface area contributed by atoms with Crippen LogP contribution >= 0.6 is 0 Å². The predicted molar refractivity (Wildman–Crippen MR) is 54.2 cm³/mol. The molecule has 0 saturated carbocycles. The van der Waals surface area contributed by atoms with Crippen LogP contribution in [-0.4, -0.2) is 18.1 Å². The molecular weight excluding hydrogens is 249 g/mol. The topological polar surface area (TPSA) is 78.5 Å².